The van der Waals surface area contributed by atoms with Crippen LogP contribution < -0.4 is 0 Å². The lowest BCUT2D eigenvalue weighted by Gasteiger charge is -1.65. The van der Waals surface area contributed by atoms with Crippen LogP contribution in [0.4, 0.5) is 0 Å². The molecule has 40 valence electrons. The Hall–Kier alpha value is -0.850. The molecule has 0 saturated carbocycles. The maximum Gasteiger partial charge on any atom is 0.145 e. The molecule has 7 heavy (non-hydrogen) atoms. The van der Waals surface area contributed by atoms with E-state index in [1.165, 1.54) is 0 Å². The van der Waals surface area contributed by atoms with Crippen LogP contribution in [0.5, 0.6) is 0 Å². The Morgan fingerprint density at radius 3 is 1.71 bits per heavy atom. The molecule has 0 unspecified atom stereocenters. The summed E-state index contributed by atoms with van der Waals surface area (Å²) in [5.41, 5.74) is 0.574. The minimum Gasteiger partial charge on any atom is -0.298 e. The fourth-order valence-electron chi connectivity index (χ4n) is 0. The second-order valence-corrected chi connectivity index (χ2v) is 0.964. The van der Waals surface area contributed by atoms with Gasteiger partial charge in [-0.2, -0.15) is 0 Å². The molecule has 0 atom stereocenters. The molecular weight excluding hydrogens is 88.1 g/mol. The van der Waals surface area contributed by atoms with Gasteiger partial charge in [0.1, 0.15) is 6.29 Å². The van der Waals surface area contributed by atoms with Gasteiger partial charge in [0, 0.05) is 0 Å². The molecule has 0 amide bonds. The number of aldehydes is 1. The van der Waals surface area contributed by atoms with Crippen LogP contribution in [0.3, 0.4) is 0 Å². The fraction of sp³-hybridized carbons (Fsp3) is 0.167. The molecule has 0 aliphatic rings. The lowest BCUT2D eigenvalue weighted by Crippen LogP contribution is -1.65. The predicted octanol–water partition coefficient (Wildman–Crippen LogP) is 1.56. The van der Waals surface area contributed by atoms with E-state index in [1.54, 1.807) is 6.92 Å². The minimum atomic E-state index is 0.574. The number of carbonyl (C=O) groups excluding carboxylic acids is 1. The summed E-state index contributed by atoms with van der Waals surface area (Å²) in [5, 5.41) is 0. The van der Waals surface area contributed by atoms with Crippen molar-refractivity contribution < 1.29 is 4.79 Å². The average molecular weight is 98.1 g/mol. The van der Waals surface area contributed by atoms with Crippen molar-refractivity contribution in [1.29, 1.82) is 0 Å². The Balaban J connectivity index is 0. The van der Waals surface area contributed by atoms with Crippen molar-refractivity contribution in [2.75, 3.05) is 0 Å². The molecule has 0 aromatic heterocycles. The quantitative estimate of drug-likeness (QED) is 0.276. The maximum atomic E-state index is 9.41. The highest BCUT2D eigenvalue weighted by atomic mass is 16.1. The molecule has 0 N–H and O–H groups in total. The molecule has 0 saturated heterocycles. The van der Waals surface area contributed by atoms with Gasteiger partial charge in [-0.1, -0.05) is 6.58 Å². The smallest absolute Gasteiger partial charge is 0.145 e. The Morgan fingerprint density at radius 1 is 1.57 bits per heavy atom. The van der Waals surface area contributed by atoms with E-state index in [0.717, 1.165) is 6.29 Å². The van der Waals surface area contributed by atoms with Crippen LogP contribution in [0.1, 0.15) is 6.92 Å². The zero-order chi connectivity index (χ0) is 6.28. The SMILES string of the molecule is C=C.C=C(C)C=O. The summed E-state index contributed by atoms with van der Waals surface area (Å²) in [6.45, 7) is 11.0. The molecule has 0 radical (unpaired) electrons. The van der Waals surface area contributed by atoms with Crippen LogP contribution >= 0.6 is 0 Å². The summed E-state index contributed by atoms with van der Waals surface area (Å²) < 4.78 is 0. The first kappa shape index (κ1) is 9.47. The third-order valence-corrected chi connectivity index (χ3v) is 0.201. The molecule has 1 nitrogen and oxygen atoms in total. The van der Waals surface area contributed by atoms with Crippen molar-refractivity contribution in [1.82, 2.24) is 0 Å². The molecule has 0 aromatic rings. The summed E-state index contributed by atoms with van der Waals surface area (Å²) in [5.74, 6) is 0. The van der Waals surface area contributed by atoms with Gasteiger partial charge in [-0.15, -0.1) is 13.2 Å². The van der Waals surface area contributed by atoms with Crippen LogP contribution in [-0.2, 0) is 4.79 Å². The Labute approximate surface area is 44.4 Å². The largest absolute Gasteiger partial charge is 0.298 e. The Bertz CT molecular complexity index is 64.6. The number of rotatable bonds is 1. The average Bonchev–Trinajstić information content (AvgIpc) is 1.73. The molecule has 0 aliphatic carbocycles. The van der Waals surface area contributed by atoms with Crippen LogP contribution in [0, 0.1) is 0 Å². The van der Waals surface area contributed by atoms with E-state index in [2.05, 4.69) is 19.7 Å². The van der Waals surface area contributed by atoms with Gasteiger partial charge in [0.2, 0.25) is 0 Å². The van der Waals surface area contributed by atoms with E-state index >= 15 is 0 Å². The van der Waals surface area contributed by atoms with Gasteiger partial charge in [0.25, 0.3) is 0 Å². The highest BCUT2D eigenvalue weighted by Crippen LogP contribution is 1.70. The van der Waals surface area contributed by atoms with Crippen molar-refractivity contribution in [2.45, 2.75) is 6.92 Å². The first-order chi connectivity index (χ1) is 3.27. The van der Waals surface area contributed by atoms with Crippen molar-refractivity contribution >= 4 is 6.29 Å². The van der Waals surface area contributed by atoms with Gasteiger partial charge in [0.15, 0.2) is 0 Å². The van der Waals surface area contributed by atoms with Gasteiger partial charge in [-0.3, -0.25) is 4.79 Å². The summed E-state index contributed by atoms with van der Waals surface area (Å²) in [4.78, 5) is 9.41. The van der Waals surface area contributed by atoms with E-state index in [0.29, 0.717) is 5.57 Å². The number of carbonyl (C=O) groups is 1. The molecule has 0 fully saturated rings. The highest BCUT2D eigenvalue weighted by Gasteiger charge is 1.66. The molecule has 0 bridgehead atoms. The van der Waals surface area contributed by atoms with Crippen molar-refractivity contribution in [3.8, 4) is 0 Å². The molecule has 0 spiro atoms. The summed E-state index contributed by atoms with van der Waals surface area (Å²) in [6, 6.07) is 0. The third-order valence-electron chi connectivity index (χ3n) is 0.201. The normalized spacial score (nSPS) is 5.29. The summed E-state index contributed by atoms with van der Waals surface area (Å²) in [7, 11) is 0. The van der Waals surface area contributed by atoms with Crippen LogP contribution in [-0.4, -0.2) is 6.29 Å². The second-order valence-electron chi connectivity index (χ2n) is 0.964. The third kappa shape index (κ3) is 38.6. The first-order valence-electron chi connectivity index (χ1n) is 1.88. The van der Waals surface area contributed by atoms with E-state index in [4.69, 9.17) is 0 Å². The first-order valence-corrected chi connectivity index (χ1v) is 1.88. The lowest BCUT2D eigenvalue weighted by atomic mass is 10.4. The van der Waals surface area contributed by atoms with Crippen LogP contribution in [0.2, 0.25) is 0 Å². The zero-order valence-electron chi connectivity index (χ0n) is 4.61. The van der Waals surface area contributed by atoms with E-state index in [1.807, 2.05) is 0 Å². The van der Waals surface area contributed by atoms with Crippen molar-refractivity contribution in [2.24, 2.45) is 0 Å². The van der Waals surface area contributed by atoms with Gasteiger partial charge >= 0.3 is 0 Å². The van der Waals surface area contributed by atoms with Crippen molar-refractivity contribution in [3.05, 3.63) is 25.3 Å². The highest BCUT2D eigenvalue weighted by molar-refractivity contribution is 5.70. The lowest BCUT2D eigenvalue weighted by molar-refractivity contribution is -0.104. The number of hydrogen-bond acceptors (Lipinski definition) is 1. The van der Waals surface area contributed by atoms with E-state index < -0.39 is 0 Å². The molecule has 0 aromatic carbocycles. The predicted molar refractivity (Wildman–Crippen MR) is 32.1 cm³/mol. The van der Waals surface area contributed by atoms with Gasteiger partial charge in [-0.05, 0) is 12.5 Å². The standard InChI is InChI=1S/C4H6O.C2H4/c1-4(2)3-5;1-2/h3H,1H2,2H3;1-2H2. The fourth-order valence-corrected chi connectivity index (χ4v) is 0. The Kier molecular flexibility index (Phi) is 12.1. The van der Waals surface area contributed by atoms with Gasteiger partial charge in [0.05, 0.1) is 0 Å². The van der Waals surface area contributed by atoms with E-state index in [9.17, 15) is 4.79 Å². The summed E-state index contributed by atoms with van der Waals surface area (Å²) >= 11 is 0. The summed E-state index contributed by atoms with van der Waals surface area (Å²) in [6.07, 6.45) is 0.722. The van der Waals surface area contributed by atoms with Crippen LogP contribution in [0.25, 0.3) is 0 Å². The topological polar surface area (TPSA) is 17.1 Å². The molecule has 0 aliphatic heterocycles. The Morgan fingerprint density at radius 2 is 1.71 bits per heavy atom. The monoisotopic (exact) mass is 98.1 g/mol. The second kappa shape index (κ2) is 8.94. The van der Waals surface area contributed by atoms with Crippen LogP contribution in [0.15, 0.2) is 25.3 Å². The van der Waals surface area contributed by atoms with Gasteiger partial charge < -0.3 is 0 Å². The zero-order valence-corrected chi connectivity index (χ0v) is 4.61. The van der Waals surface area contributed by atoms with Gasteiger partial charge in [-0.25, -0.2) is 0 Å². The van der Waals surface area contributed by atoms with E-state index in [-0.39, 0.29) is 0 Å². The van der Waals surface area contributed by atoms with Crippen molar-refractivity contribution in [3.63, 3.8) is 0 Å². The number of allylic oxidation sites excluding steroid dienone is 1. The minimum absolute atomic E-state index is 0.574. The maximum absolute atomic E-state index is 9.41. The number of hydrogen-bond donors (Lipinski definition) is 0. The molecular formula is C6H10O. The molecule has 1 heteroatoms. The molecule has 0 rings (SSSR count). The molecule has 0 heterocycles.